The van der Waals surface area contributed by atoms with Gasteiger partial charge in [-0.1, -0.05) is 61.0 Å². The molecule has 128 valence electrons. The van der Waals surface area contributed by atoms with Gasteiger partial charge in [-0.2, -0.15) is 0 Å². The molecule has 3 nitrogen and oxygen atoms in total. The molecule has 0 aliphatic heterocycles. The van der Waals surface area contributed by atoms with Crippen LogP contribution in [-0.2, 0) is 11.3 Å². The Morgan fingerprint density at radius 1 is 1.00 bits per heavy atom. The first kappa shape index (κ1) is 18.5. The summed E-state index contributed by atoms with van der Waals surface area (Å²) in [6, 6.07) is 18.7. The van der Waals surface area contributed by atoms with Crippen molar-refractivity contribution in [2.24, 2.45) is 17.6 Å². The Balaban J connectivity index is 0.00000208. The lowest BCUT2D eigenvalue weighted by Gasteiger charge is -2.17. The van der Waals surface area contributed by atoms with E-state index >= 15 is 0 Å². The number of nitrogens with two attached hydrogens (primary N) is 1. The van der Waals surface area contributed by atoms with Gasteiger partial charge in [-0.25, -0.2) is 0 Å². The largest absolute Gasteiger partial charge is 0.352 e. The first-order valence-corrected chi connectivity index (χ1v) is 8.40. The molecular formula is C20H25ClN2O. The van der Waals surface area contributed by atoms with Crippen molar-refractivity contribution >= 4 is 18.3 Å². The van der Waals surface area contributed by atoms with Crippen LogP contribution < -0.4 is 11.1 Å². The van der Waals surface area contributed by atoms with E-state index in [2.05, 4.69) is 41.7 Å². The van der Waals surface area contributed by atoms with Crippen molar-refractivity contribution in [3.63, 3.8) is 0 Å². The minimum atomic E-state index is 0. The number of rotatable bonds is 5. The lowest BCUT2D eigenvalue weighted by molar-refractivity contribution is -0.126. The van der Waals surface area contributed by atoms with Crippen LogP contribution in [0.1, 0.15) is 24.8 Å². The molecule has 0 saturated heterocycles. The van der Waals surface area contributed by atoms with Crippen LogP contribution in [0.5, 0.6) is 0 Å². The molecule has 1 aliphatic rings. The molecule has 3 rings (SSSR count). The van der Waals surface area contributed by atoms with Gasteiger partial charge < -0.3 is 11.1 Å². The summed E-state index contributed by atoms with van der Waals surface area (Å²) in [6.45, 7) is 1.20. The van der Waals surface area contributed by atoms with Crippen molar-refractivity contribution in [1.29, 1.82) is 0 Å². The average Bonchev–Trinajstić information content (AvgIpc) is 3.10. The maximum absolute atomic E-state index is 12.3. The zero-order valence-corrected chi connectivity index (χ0v) is 14.6. The molecule has 1 fully saturated rings. The van der Waals surface area contributed by atoms with Crippen LogP contribution in [0.4, 0.5) is 0 Å². The summed E-state index contributed by atoms with van der Waals surface area (Å²) in [4.78, 5) is 12.3. The average molecular weight is 345 g/mol. The van der Waals surface area contributed by atoms with Gasteiger partial charge in [0.15, 0.2) is 0 Å². The molecular weight excluding hydrogens is 320 g/mol. The monoisotopic (exact) mass is 344 g/mol. The molecule has 24 heavy (non-hydrogen) atoms. The van der Waals surface area contributed by atoms with Gasteiger partial charge in [-0.05, 0) is 42.0 Å². The second-order valence-electron chi connectivity index (χ2n) is 6.31. The number of halogens is 1. The highest BCUT2D eigenvalue weighted by Crippen LogP contribution is 2.31. The molecule has 0 radical (unpaired) electrons. The van der Waals surface area contributed by atoms with Crippen molar-refractivity contribution in [2.45, 2.75) is 25.8 Å². The molecule has 0 bridgehead atoms. The fourth-order valence-corrected chi connectivity index (χ4v) is 3.43. The second-order valence-corrected chi connectivity index (χ2v) is 6.31. The molecule has 2 aromatic rings. The van der Waals surface area contributed by atoms with Gasteiger partial charge in [0.25, 0.3) is 0 Å². The van der Waals surface area contributed by atoms with E-state index in [9.17, 15) is 4.79 Å². The maximum atomic E-state index is 12.3. The zero-order valence-electron chi connectivity index (χ0n) is 13.8. The summed E-state index contributed by atoms with van der Waals surface area (Å²) in [5.41, 5.74) is 9.29. The molecule has 1 aliphatic carbocycles. The van der Waals surface area contributed by atoms with E-state index < -0.39 is 0 Å². The van der Waals surface area contributed by atoms with E-state index in [0.29, 0.717) is 19.0 Å². The van der Waals surface area contributed by atoms with Gasteiger partial charge in [0.05, 0.1) is 0 Å². The lowest BCUT2D eigenvalue weighted by atomic mass is 9.95. The second kappa shape index (κ2) is 8.86. The third kappa shape index (κ3) is 4.37. The number of amides is 1. The van der Waals surface area contributed by atoms with Crippen LogP contribution in [0.25, 0.3) is 11.1 Å². The highest BCUT2D eigenvalue weighted by molar-refractivity contribution is 5.85. The van der Waals surface area contributed by atoms with Gasteiger partial charge in [-0.3, -0.25) is 4.79 Å². The zero-order chi connectivity index (χ0) is 16.1. The van der Waals surface area contributed by atoms with Crippen LogP contribution in [0.2, 0.25) is 0 Å². The number of hydrogen-bond acceptors (Lipinski definition) is 2. The van der Waals surface area contributed by atoms with Gasteiger partial charge >= 0.3 is 0 Å². The number of nitrogens with one attached hydrogen (secondary N) is 1. The van der Waals surface area contributed by atoms with Crippen LogP contribution in [-0.4, -0.2) is 12.5 Å². The van der Waals surface area contributed by atoms with Crippen molar-refractivity contribution in [3.8, 4) is 11.1 Å². The minimum absolute atomic E-state index is 0. The number of carbonyl (C=O) groups is 1. The Morgan fingerprint density at radius 3 is 2.33 bits per heavy atom. The molecule has 1 amide bonds. The lowest BCUT2D eigenvalue weighted by Crippen LogP contribution is -2.34. The number of hydrogen-bond donors (Lipinski definition) is 2. The standard InChI is InChI=1S/C20H24N2O.ClH/c21-13-18-7-4-8-19(18)20(23)22-14-15-9-11-17(12-10-15)16-5-2-1-3-6-16;/h1-3,5-6,9-12,18-19H,4,7-8,13-14,21H2,(H,22,23);1H/t18-,19-;/m1./s1. The molecule has 0 unspecified atom stereocenters. The molecule has 0 spiro atoms. The van der Waals surface area contributed by atoms with E-state index in [1.54, 1.807) is 0 Å². The van der Waals surface area contributed by atoms with E-state index in [0.717, 1.165) is 24.8 Å². The molecule has 1 saturated carbocycles. The number of carbonyl (C=O) groups excluding carboxylic acids is 1. The number of benzene rings is 2. The van der Waals surface area contributed by atoms with Gasteiger partial charge in [0.1, 0.15) is 0 Å². The van der Waals surface area contributed by atoms with Gasteiger partial charge in [0.2, 0.25) is 5.91 Å². The normalized spacial score (nSPS) is 19.5. The van der Waals surface area contributed by atoms with E-state index in [-0.39, 0.29) is 24.2 Å². The fourth-order valence-electron chi connectivity index (χ4n) is 3.43. The van der Waals surface area contributed by atoms with Crippen molar-refractivity contribution < 1.29 is 4.79 Å². The summed E-state index contributed by atoms with van der Waals surface area (Å²) in [6.07, 6.45) is 3.17. The van der Waals surface area contributed by atoms with Crippen LogP contribution in [0.3, 0.4) is 0 Å². The predicted octanol–water partition coefficient (Wildman–Crippen LogP) is 3.77. The van der Waals surface area contributed by atoms with E-state index in [1.807, 2.05) is 18.2 Å². The van der Waals surface area contributed by atoms with Crippen LogP contribution in [0.15, 0.2) is 54.6 Å². The Kier molecular flexibility index (Phi) is 6.83. The Morgan fingerprint density at radius 2 is 1.67 bits per heavy atom. The molecule has 2 aromatic carbocycles. The van der Waals surface area contributed by atoms with Crippen LogP contribution in [0, 0.1) is 11.8 Å². The summed E-state index contributed by atoms with van der Waals surface area (Å²) in [5.74, 6) is 0.615. The van der Waals surface area contributed by atoms with Crippen molar-refractivity contribution in [3.05, 3.63) is 60.2 Å². The smallest absolute Gasteiger partial charge is 0.223 e. The third-order valence-corrected chi connectivity index (χ3v) is 4.83. The van der Waals surface area contributed by atoms with Crippen molar-refractivity contribution in [1.82, 2.24) is 5.32 Å². The highest BCUT2D eigenvalue weighted by Gasteiger charge is 2.31. The fraction of sp³-hybridized carbons (Fsp3) is 0.350. The van der Waals surface area contributed by atoms with Gasteiger partial charge in [0, 0.05) is 12.5 Å². The quantitative estimate of drug-likeness (QED) is 0.867. The van der Waals surface area contributed by atoms with Crippen LogP contribution >= 0.6 is 12.4 Å². The third-order valence-electron chi connectivity index (χ3n) is 4.83. The summed E-state index contributed by atoms with van der Waals surface area (Å²) in [5, 5.41) is 3.07. The van der Waals surface area contributed by atoms with E-state index in [1.165, 1.54) is 11.1 Å². The van der Waals surface area contributed by atoms with Gasteiger partial charge in [-0.15, -0.1) is 12.4 Å². The molecule has 3 N–H and O–H groups in total. The molecule has 4 heteroatoms. The Bertz CT molecular complexity index is 642. The first-order valence-electron chi connectivity index (χ1n) is 8.40. The summed E-state index contributed by atoms with van der Waals surface area (Å²) < 4.78 is 0. The highest BCUT2D eigenvalue weighted by atomic mass is 35.5. The minimum Gasteiger partial charge on any atom is -0.352 e. The topological polar surface area (TPSA) is 55.1 Å². The predicted molar refractivity (Wildman–Crippen MR) is 101 cm³/mol. The Labute approximate surface area is 150 Å². The Hall–Kier alpha value is -1.84. The van der Waals surface area contributed by atoms with Crippen molar-refractivity contribution in [2.75, 3.05) is 6.54 Å². The SMILES string of the molecule is Cl.NC[C@H]1CCC[C@H]1C(=O)NCc1ccc(-c2ccccc2)cc1. The summed E-state index contributed by atoms with van der Waals surface area (Å²) >= 11 is 0. The molecule has 0 heterocycles. The summed E-state index contributed by atoms with van der Waals surface area (Å²) in [7, 11) is 0. The van der Waals surface area contributed by atoms with E-state index in [4.69, 9.17) is 5.73 Å². The molecule has 2 atom stereocenters. The maximum Gasteiger partial charge on any atom is 0.223 e. The molecule has 0 aromatic heterocycles. The first-order chi connectivity index (χ1) is 11.3.